The summed E-state index contributed by atoms with van der Waals surface area (Å²) in [7, 11) is 0. The van der Waals surface area contributed by atoms with Gasteiger partial charge in [0.2, 0.25) is 0 Å². The maximum absolute atomic E-state index is 3.24. The van der Waals surface area contributed by atoms with Crippen molar-refractivity contribution in [2.45, 2.75) is 19.8 Å². The SMILES string of the molecule is CCc1[c]ccc(Cc2ccccc2)c1. The molecule has 0 heterocycles. The summed E-state index contributed by atoms with van der Waals surface area (Å²) >= 11 is 0. The van der Waals surface area contributed by atoms with Gasteiger partial charge >= 0.3 is 0 Å². The molecule has 0 spiro atoms. The summed E-state index contributed by atoms with van der Waals surface area (Å²) in [6.07, 6.45) is 2.07. The number of aryl methyl sites for hydroxylation is 1. The van der Waals surface area contributed by atoms with E-state index in [-0.39, 0.29) is 0 Å². The molecule has 0 nitrogen and oxygen atoms in total. The molecule has 0 fully saturated rings. The summed E-state index contributed by atoms with van der Waals surface area (Å²) in [6.45, 7) is 2.16. The fourth-order valence-corrected chi connectivity index (χ4v) is 1.71. The van der Waals surface area contributed by atoms with E-state index in [1.165, 1.54) is 16.7 Å². The molecule has 0 unspecified atom stereocenters. The molecule has 0 aliphatic carbocycles. The third-order valence-corrected chi connectivity index (χ3v) is 2.56. The Kier molecular flexibility index (Phi) is 3.18. The lowest BCUT2D eigenvalue weighted by atomic mass is 10.0. The van der Waals surface area contributed by atoms with Crippen molar-refractivity contribution >= 4 is 0 Å². The topological polar surface area (TPSA) is 0 Å². The number of benzene rings is 2. The van der Waals surface area contributed by atoms with Gasteiger partial charge in [0.15, 0.2) is 0 Å². The standard InChI is InChI=1S/C15H15/c1-2-13-9-6-10-15(11-13)12-14-7-4-3-5-8-14/h3-8,10-11H,2,12H2,1H3. The Morgan fingerprint density at radius 3 is 2.53 bits per heavy atom. The Balaban J connectivity index is 2.17. The van der Waals surface area contributed by atoms with Crippen LogP contribution in [-0.4, -0.2) is 0 Å². The van der Waals surface area contributed by atoms with Crippen molar-refractivity contribution in [1.29, 1.82) is 0 Å². The first kappa shape index (κ1) is 9.97. The number of hydrogen-bond acceptors (Lipinski definition) is 0. The molecule has 0 atom stereocenters. The van der Waals surface area contributed by atoms with Crippen molar-refractivity contribution in [2.24, 2.45) is 0 Å². The quantitative estimate of drug-likeness (QED) is 0.701. The van der Waals surface area contributed by atoms with Gasteiger partial charge in [-0.15, -0.1) is 0 Å². The monoisotopic (exact) mass is 195 g/mol. The van der Waals surface area contributed by atoms with E-state index in [1.807, 2.05) is 6.07 Å². The van der Waals surface area contributed by atoms with Crippen LogP contribution in [0.4, 0.5) is 0 Å². The zero-order valence-corrected chi connectivity index (χ0v) is 9.03. The van der Waals surface area contributed by atoms with E-state index in [2.05, 4.69) is 55.5 Å². The summed E-state index contributed by atoms with van der Waals surface area (Å²) in [5.41, 5.74) is 4.03. The maximum Gasteiger partial charge on any atom is -0.00257 e. The Morgan fingerprint density at radius 2 is 1.80 bits per heavy atom. The lowest BCUT2D eigenvalue weighted by molar-refractivity contribution is 1.10. The molecule has 0 amide bonds. The normalized spacial score (nSPS) is 10.2. The van der Waals surface area contributed by atoms with Gasteiger partial charge < -0.3 is 0 Å². The Bertz CT molecular complexity index is 415. The predicted octanol–water partition coefficient (Wildman–Crippen LogP) is 3.64. The molecule has 0 N–H and O–H groups in total. The van der Waals surface area contributed by atoms with Gasteiger partial charge in [-0.2, -0.15) is 0 Å². The van der Waals surface area contributed by atoms with Gasteiger partial charge in [0, 0.05) is 0 Å². The van der Waals surface area contributed by atoms with Crippen molar-refractivity contribution in [3.63, 3.8) is 0 Å². The minimum atomic E-state index is 1.02. The van der Waals surface area contributed by atoms with Gasteiger partial charge in [-0.05, 0) is 35.6 Å². The van der Waals surface area contributed by atoms with E-state index in [1.54, 1.807) is 0 Å². The smallest absolute Gasteiger partial charge is 0.00257 e. The second-order valence-electron chi connectivity index (χ2n) is 3.74. The van der Waals surface area contributed by atoms with Crippen LogP contribution in [0, 0.1) is 6.07 Å². The largest absolute Gasteiger partial charge is 0.0622 e. The highest BCUT2D eigenvalue weighted by atomic mass is 14.0. The minimum Gasteiger partial charge on any atom is -0.0622 e. The van der Waals surface area contributed by atoms with E-state index < -0.39 is 0 Å². The van der Waals surface area contributed by atoms with Crippen LogP contribution in [0.25, 0.3) is 0 Å². The molecular formula is C15H15. The van der Waals surface area contributed by atoms with Crippen molar-refractivity contribution in [2.75, 3.05) is 0 Å². The highest BCUT2D eigenvalue weighted by molar-refractivity contribution is 5.28. The van der Waals surface area contributed by atoms with Crippen molar-refractivity contribution in [3.05, 3.63) is 71.3 Å². The predicted molar refractivity (Wildman–Crippen MR) is 63.9 cm³/mol. The van der Waals surface area contributed by atoms with E-state index >= 15 is 0 Å². The number of hydrogen-bond donors (Lipinski definition) is 0. The van der Waals surface area contributed by atoms with Gasteiger partial charge in [0.25, 0.3) is 0 Å². The summed E-state index contributed by atoms with van der Waals surface area (Å²) in [5.74, 6) is 0. The zero-order chi connectivity index (χ0) is 10.5. The molecule has 0 aliphatic heterocycles. The average Bonchev–Trinajstić information content (AvgIpc) is 2.31. The maximum atomic E-state index is 3.24. The summed E-state index contributed by atoms with van der Waals surface area (Å²) in [6, 6.07) is 20.2. The Morgan fingerprint density at radius 1 is 1.00 bits per heavy atom. The number of rotatable bonds is 3. The van der Waals surface area contributed by atoms with E-state index in [9.17, 15) is 0 Å². The van der Waals surface area contributed by atoms with Crippen LogP contribution < -0.4 is 0 Å². The molecule has 0 heteroatoms. The molecule has 0 bridgehead atoms. The van der Waals surface area contributed by atoms with E-state index in [0.29, 0.717) is 0 Å². The van der Waals surface area contributed by atoms with Gasteiger partial charge in [-0.25, -0.2) is 0 Å². The second-order valence-corrected chi connectivity index (χ2v) is 3.74. The molecule has 0 aromatic heterocycles. The van der Waals surface area contributed by atoms with Crippen LogP contribution in [0.1, 0.15) is 23.6 Å². The zero-order valence-electron chi connectivity index (χ0n) is 9.03. The highest BCUT2D eigenvalue weighted by Crippen LogP contribution is 2.11. The summed E-state index contributed by atoms with van der Waals surface area (Å²) in [4.78, 5) is 0. The summed E-state index contributed by atoms with van der Waals surface area (Å²) < 4.78 is 0. The first-order valence-electron chi connectivity index (χ1n) is 5.42. The highest BCUT2D eigenvalue weighted by Gasteiger charge is 1.96. The van der Waals surface area contributed by atoms with Crippen molar-refractivity contribution in [3.8, 4) is 0 Å². The van der Waals surface area contributed by atoms with Crippen LogP contribution in [-0.2, 0) is 12.8 Å². The van der Waals surface area contributed by atoms with Crippen LogP contribution in [0.15, 0.2) is 48.5 Å². The summed E-state index contributed by atoms with van der Waals surface area (Å²) in [5, 5.41) is 0. The molecule has 0 saturated heterocycles. The second kappa shape index (κ2) is 4.79. The molecule has 15 heavy (non-hydrogen) atoms. The Hall–Kier alpha value is -1.56. The van der Waals surface area contributed by atoms with Crippen molar-refractivity contribution in [1.82, 2.24) is 0 Å². The minimum absolute atomic E-state index is 1.02. The third kappa shape index (κ3) is 2.69. The van der Waals surface area contributed by atoms with Gasteiger partial charge in [-0.1, -0.05) is 55.5 Å². The van der Waals surface area contributed by atoms with Gasteiger partial charge in [0.1, 0.15) is 0 Å². The van der Waals surface area contributed by atoms with E-state index in [4.69, 9.17) is 0 Å². The molecule has 1 radical (unpaired) electrons. The fourth-order valence-electron chi connectivity index (χ4n) is 1.71. The lowest BCUT2D eigenvalue weighted by Gasteiger charge is -2.03. The van der Waals surface area contributed by atoms with Crippen molar-refractivity contribution < 1.29 is 0 Å². The van der Waals surface area contributed by atoms with Gasteiger partial charge in [-0.3, -0.25) is 0 Å². The molecule has 0 saturated carbocycles. The molecule has 0 aliphatic rings. The third-order valence-electron chi connectivity index (χ3n) is 2.56. The lowest BCUT2D eigenvalue weighted by Crippen LogP contribution is -1.89. The first-order chi connectivity index (χ1) is 7.38. The van der Waals surface area contributed by atoms with E-state index in [0.717, 1.165) is 12.8 Å². The Labute approximate surface area is 91.6 Å². The fraction of sp³-hybridized carbons (Fsp3) is 0.200. The molecule has 2 rings (SSSR count). The van der Waals surface area contributed by atoms with Gasteiger partial charge in [0.05, 0.1) is 0 Å². The molecule has 2 aromatic rings. The van der Waals surface area contributed by atoms with Crippen LogP contribution >= 0.6 is 0 Å². The molecule has 2 aromatic carbocycles. The average molecular weight is 195 g/mol. The molecule has 75 valence electrons. The van der Waals surface area contributed by atoms with Crippen LogP contribution in [0.5, 0.6) is 0 Å². The van der Waals surface area contributed by atoms with Crippen LogP contribution in [0.2, 0.25) is 0 Å². The van der Waals surface area contributed by atoms with Crippen LogP contribution in [0.3, 0.4) is 0 Å². The first-order valence-corrected chi connectivity index (χ1v) is 5.42. The molecular weight excluding hydrogens is 180 g/mol.